The fourth-order valence-electron chi connectivity index (χ4n) is 7.93. The third-order valence-corrected chi connectivity index (χ3v) is 12.2. The van der Waals surface area contributed by atoms with Gasteiger partial charge in [0, 0.05) is 60.2 Å². The number of pyridine rings is 2. The topological polar surface area (TPSA) is 238 Å². The van der Waals surface area contributed by atoms with Gasteiger partial charge in [-0.25, -0.2) is 24.1 Å². The van der Waals surface area contributed by atoms with Crippen LogP contribution in [-0.4, -0.2) is 95.6 Å². The molecule has 0 bridgehead atoms. The summed E-state index contributed by atoms with van der Waals surface area (Å²) in [6.45, 7) is 1.37. The van der Waals surface area contributed by atoms with Crippen LogP contribution in [0.15, 0.2) is 123 Å². The van der Waals surface area contributed by atoms with Crippen molar-refractivity contribution in [1.29, 1.82) is 0 Å². The molecule has 22 heteroatoms. The van der Waals surface area contributed by atoms with Crippen molar-refractivity contribution in [2.75, 3.05) is 0 Å². The van der Waals surface area contributed by atoms with E-state index in [1.54, 1.807) is 49.3 Å². The zero-order valence-electron chi connectivity index (χ0n) is 36.8. The first-order valence-corrected chi connectivity index (χ1v) is 22.9. The van der Waals surface area contributed by atoms with Gasteiger partial charge in [0.2, 0.25) is 0 Å². The van der Waals surface area contributed by atoms with Crippen LogP contribution in [-0.2, 0) is 26.1 Å². The van der Waals surface area contributed by atoms with Crippen molar-refractivity contribution in [2.24, 2.45) is 5.73 Å². The molecule has 8 heterocycles. The molecule has 12 rings (SSSR count). The molecule has 348 valence electrons. The number of imidazole rings is 2. The third kappa shape index (κ3) is 10.8. The van der Waals surface area contributed by atoms with E-state index in [0.29, 0.717) is 59.9 Å². The quantitative estimate of drug-likeness (QED) is 0.106. The highest BCUT2D eigenvalue weighted by Crippen LogP contribution is 2.40. The summed E-state index contributed by atoms with van der Waals surface area (Å²) in [5.74, 6) is 0.457. The lowest BCUT2D eigenvalue weighted by molar-refractivity contribution is 0.0696. The molecule has 0 atom stereocenters. The number of nitrogens with zero attached hydrogens (tertiary/aromatic N) is 16. The third-order valence-electron chi connectivity index (χ3n) is 11.7. The van der Waals surface area contributed by atoms with Crippen molar-refractivity contribution >= 4 is 46.2 Å². The highest BCUT2D eigenvalue weighted by molar-refractivity contribution is 6.31. The van der Waals surface area contributed by atoms with Gasteiger partial charge in [0.1, 0.15) is 23.9 Å². The fraction of sp³-hybridized carbons (Fsp3) is 0.234. The number of carboxylic acid groups (broad SMARTS) is 1. The van der Waals surface area contributed by atoms with Gasteiger partial charge in [0.25, 0.3) is 0 Å². The van der Waals surface area contributed by atoms with Gasteiger partial charge in [-0.15, -0.1) is 10.2 Å². The van der Waals surface area contributed by atoms with Crippen molar-refractivity contribution in [2.45, 2.75) is 70.0 Å². The predicted molar refractivity (Wildman–Crippen MR) is 253 cm³/mol. The normalized spacial score (nSPS) is 13.3. The Labute approximate surface area is 402 Å². The lowest BCUT2D eigenvalue weighted by Gasteiger charge is -2.08. The molecule has 10 aromatic rings. The molecule has 0 saturated heterocycles. The van der Waals surface area contributed by atoms with Gasteiger partial charge in [0.05, 0.1) is 59.4 Å². The predicted octanol–water partition coefficient (Wildman–Crippen LogP) is 6.83. The maximum Gasteiger partial charge on any atom is 0.338 e. The Balaban J connectivity index is 0.000000134. The molecule has 2 aliphatic carbocycles. The minimum absolute atomic E-state index is 0.0120. The summed E-state index contributed by atoms with van der Waals surface area (Å²) in [4.78, 5) is 32.9. The number of aromatic carboxylic acids is 1. The van der Waals surface area contributed by atoms with Gasteiger partial charge in [-0.3, -0.25) is 14.2 Å². The standard InChI is InChI=1S/C24H21ClN8O.C15H14N4O2.C8H8ClN5/c25-20-5-6-22(33-15-26-29-30-33)17(9-20)3-7-23(34)19-10-27-32(12-19)14-21-13-31-11-18(16-1-2-16)4-8-24(31)28-21;20-15(21)12-5-16-19(7-12)9-13-8-18-6-11(10-1-2-10)3-4-14(18)17-13;9-7-1-2-8(6(3-7)4-10)14-5-11-12-13-14/h4-6,8-13,15-16H,1-3,7,14H2;3-8,10H,1-2,9H2,(H,20,21);1-3,5H,4,10H2. The molecule has 2 aromatic carbocycles. The Morgan fingerprint density at radius 3 is 1.62 bits per heavy atom. The zero-order chi connectivity index (χ0) is 47.4. The largest absolute Gasteiger partial charge is 0.478 e. The van der Waals surface area contributed by atoms with Gasteiger partial charge in [-0.1, -0.05) is 35.3 Å². The molecule has 2 fully saturated rings. The minimum Gasteiger partial charge on any atom is -0.478 e. The highest BCUT2D eigenvalue weighted by Gasteiger charge is 2.25. The van der Waals surface area contributed by atoms with Crippen LogP contribution in [0.4, 0.5) is 0 Å². The van der Waals surface area contributed by atoms with E-state index in [9.17, 15) is 9.59 Å². The average molecular weight is 965 g/mol. The average Bonchev–Trinajstić information content (AvgIpc) is 3.82. The van der Waals surface area contributed by atoms with Gasteiger partial charge >= 0.3 is 5.97 Å². The number of rotatable bonds is 14. The minimum atomic E-state index is -0.967. The van der Waals surface area contributed by atoms with Crippen LogP contribution in [0.25, 0.3) is 22.7 Å². The van der Waals surface area contributed by atoms with Crippen LogP contribution < -0.4 is 5.73 Å². The second kappa shape index (κ2) is 19.7. The number of aromatic nitrogens is 16. The number of tetrazole rings is 2. The van der Waals surface area contributed by atoms with Gasteiger partial charge in [0.15, 0.2) is 5.78 Å². The molecule has 2 saturated carbocycles. The first kappa shape index (κ1) is 44.9. The second-order valence-electron chi connectivity index (χ2n) is 16.8. The summed E-state index contributed by atoms with van der Waals surface area (Å²) in [6, 6.07) is 19.3. The van der Waals surface area contributed by atoms with E-state index in [4.69, 9.17) is 34.0 Å². The Bertz CT molecular complexity index is 3400. The van der Waals surface area contributed by atoms with E-state index < -0.39 is 5.97 Å². The van der Waals surface area contributed by atoms with Gasteiger partial charge in [-0.2, -0.15) is 10.2 Å². The number of carbonyl (C=O) groups is 2. The van der Waals surface area contributed by atoms with Crippen molar-refractivity contribution in [3.63, 3.8) is 0 Å². The summed E-state index contributed by atoms with van der Waals surface area (Å²) in [6.07, 6.45) is 23.5. The first-order chi connectivity index (χ1) is 33.6. The highest BCUT2D eigenvalue weighted by atomic mass is 35.5. The van der Waals surface area contributed by atoms with Gasteiger partial charge < -0.3 is 19.6 Å². The molecule has 2 aliphatic rings. The fourth-order valence-corrected chi connectivity index (χ4v) is 8.32. The summed E-state index contributed by atoms with van der Waals surface area (Å²) in [5.41, 5.74) is 16.1. The molecular weight excluding hydrogens is 922 g/mol. The summed E-state index contributed by atoms with van der Waals surface area (Å²) in [5, 5.41) is 40.8. The molecular formula is C47H43Cl2N17O3. The van der Waals surface area contributed by atoms with Crippen molar-refractivity contribution in [1.82, 2.24) is 78.7 Å². The molecule has 0 unspecified atom stereocenters. The van der Waals surface area contributed by atoms with Crippen molar-refractivity contribution in [3.8, 4) is 11.4 Å². The van der Waals surface area contributed by atoms with E-state index in [0.717, 1.165) is 45.2 Å². The molecule has 69 heavy (non-hydrogen) atoms. The lowest BCUT2D eigenvalue weighted by Crippen LogP contribution is -2.05. The van der Waals surface area contributed by atoms with Crippen molar-refractivity contribution in [3.05, 3.63) is 178 Å². The first-order valence-electron chi connectivity index (χ1n) is 22.1. The Hall–Kier alpha value is -7.94. The van der Waals surface area contributed by atoms with Crippen LogP contribution in [0, 0.1) is 0 Å². The number of ketones is 1. The molecule has 0 spiro atoms. The Morgan fingerprint density at radius 1 is 0.638 bits per heavy atom. The number of halogens is 2. The number of carboxylic acids is 1. The van der Waals surface area contributed by atoms with E-state index in [2.05, 4.69) is 86.2 Å². The molecule has 0 radical (unpaired) electrons. The van der Waals surface area contributed by atoms with E-state index >= 15 is 0 Å². The Morgan fingerprint density at radius 2 is 1.14 bits per heavy atom. The van der Waals surface area contributed by atoms with E-state index in [1.807, 2.05) is 41.1 Å². The second-order valence-corrected chi connectivity index (χ2v) is 17.7. The van der Waals surface area contributed by atoms with Crippen LogP contribution in [0.3, 0.4) is 0 Å². The molecule has 3 N–H and O–H groups in total. The summed E-state index contributed by atoms with van der Waals surface area (Å²) in [7, 11) is 0. The number of Topliss-reactive ketones (excluding diaryl/α,β-unsaturated/α-hetero) is 1. The van der Waals surface area contributed by atoms with Crippen molar-refractivity contribution < 1.29 is 14.7 Å². The number of benzene rings is 2. The number of aryl methyl sites for hydroxylation is 1. The lowest BCUT2D eigenvalue weighted by atomic mass is 10.0. The van der Waals surface area contributed by atoms with E-state index in [1.165, 1.54) is 61.9 Å². The number of fused-ring (bicyclic) bond motifs is 2. The molecule has 0 amide bonds. The number of nitrogens with two attached hydrogens (primary N) is 1. The maximum absolute atomic E-state index is 12.9. The SMILES string of the molecule is NCc1cc(Cl)ccc1-n1cnnn1.O=C(CCc1cc(Cl)ccc1-n1cnnn1)c1cnn(Cc2cn3cc(C4CC4)ccc3n2)c1.O=C(O)c1cnn(Cc2cn3cc(C4CC4)ccc3n2)c1. The van der Waals surface area contributed by atoms with Crippen LogP contribution in [0.5, 0.6) is 0 Å². The number of hydrogen-bond acceptors (Lipinski definition) is 13. The van der Waals surface area contributed by atoms with Crippen LogP contribution >= 0.6 is 23.2 Å². The summed E-state index contributed by atoms with van der Waals surface area (Å²) < 4.78 is 10.6. The maximum atomic E-state index is 12.9. The zero-order valence-corrected chi connectivity index (χ0v) is 38.3. The summed E-state index contributed by atoms with van der Waals surface area (Å²) >= 11 is 12.0. The number of hydrogen-bond donors (Lipinski definition) is 2. The molecule has 20 nitrogen and oxygen atoms in total. The monoisotopic (exact) mass is 963 g/mol. The molecule has 8 aromatic heterocycles. The molecule has 0 aliphatic heterocycles. The number of carbonyl (C=O) groups excluding carboxylic acids is 1. The Kier molecular flexibility index (Phi) is 12.8. The van der Waals surface area contributed by atoms with Gasteiger partial charge in [-0.05, 0) is 136 Å². The van der Waals surface area contributed by atoms with Crippen LogP contribution in [0.2, 0.25) is 10.0 Å². The smallest absolute Gasteiger partial charge is 0.338 e. The van der Waals surface area contributed by atoms with Crippen LogP contribution in [0.1, 0.15) is 98.3 Å². The van der Waals surface area contributed by atoms with E-state index in [-0.39, 0.29) is 11.3 Å².